The van der Waals surface area contributed by atoms with E-state index in [2.05, 4.69) is 105 Å². The minimum Gasteiger partial charge on any atom is -0.466 e. The van der Waals surface area contributed by atoms with E-state index < -0.39 is 49.4 Å². The Balaban J connectivity index is -0.000000195. The van der Waals surface area contributed by atoms with E-state index in [9.17, 15) is 18.0 Å². The van der Waals surface area contributed by atoms with E-state index in [0.29, 0.717) is 47.1 Å². The molecule has 0 fully saturated rings. The molecule has 5 N–H and O–H groups in total. The van der Waals surface area contributed by atoms with Crippen molar-refractivity contribution in [2.24, 2.45) is 5.73 Å². The number of halogens is 5. The molecule has 3 rings (SSSR count). The molecule has 0 radical (unpaired) electrons. The van der Waals surface area contributed by atoms with E-state index in [0.717, 1.165) is 26.7 Å². The number of carbonyl (C=O) groups excluding carboxylic acids is 2. The van der Waals surface area contributed by atoms with Crippen molar-refractivity contribution >= 4 is 180 Å². The van der Waals surface area contributed by atoms with Crippen LogP contribution in [0.5, 0.6) is 0 Å². The number of hydrogen-bond acceptors (Lipinski definition) is 10. The van der Waals surface area contributed by atoms with Crippen molar-refractivity contribution in [3.05, 3.63) is 102 Å². The van der Waals surface area contributed by atoms with Crippen molar-refractivity contribution in [3.8, 4) is 0 Å². The number of aliphatic hydroxyl groups excluding tert-OH is 1. The largest absolute Gasteiger partial charge is 0.466 e. The van der Waals surface area contributed by atoms with Crippen molar-refractivity contribution in [1.29, 1.82) is 0 Å². The highest BCUT2D eigenvalue weighted by atomic mass is 79.9. The Kier molecular flexibility index (Phi) is 50.8. The SMILES string of the molecule is C.CC(C)(C)[S@](=O)N[C@H](CO[Si](C)(C)C(C)(C)C)c1ccc(Br)cc1Cl.CCOC(=O)Cc1ccc([C@@H](CO[Si](C)(C)C(C)(C)C)N[S@@](=O)C(C)(C)C)c(Cl)c1.CCOC(=O)Cc1ccc([C@H](N)CO)c(Cl)c1.CCl.S.S.S.S.S. The summed E-state index contributed by atoms with van der Waals surface area (Å²) in [7, 11) is -6.42. The second-order valence-electron chi connectivity index (χ2n) is 22.4. The third kappa shape index (κ3) is 34.1. The van der Waals surface area contributed by atoms with Crippen LogP contribution >= 0.6 is 130 Å². The molecule has 12 nitrogen and oxygen atoms in total. The van der Waals surface area contributed by atoms with Crippen LogP contribution in [0.4, 0.5) is 0 Å². The average molecular weight is 1440 g/mol. The van der Waals surface area contributed by atoms with Gasteiger partial charge in [-0.1, -0.05) is 130 Å². The number of aliphatic hydroxyl groups is 1. The Morgan fingerprint density at radius 2 is 0.900 bits per heavy atom. The maximum atomic E-state index is 12.8. The van der Waals surface area contributed by atoms with Crippen molar-refractivity contribution in [2.45, 2.75) is 181 Å². The molecule has 0 spiro atoms. The van der Waals surface area contributed by atoms with Gasteiger partial charge in [-0.05, 0) is 144 Å². The van der Waals surface area contributed by atoms with E-state index in [1.54, 1.807) is 38.1 Å². The maximum absolute atomic E-state index is 12.8. The molecule has 0 aliphatic carbocycles. The summed E-state index contributed by atoms with van der Waals surface area (Å²) in [5.41, 5.74) is 9.59. The van der Waals surface area contributed by atoms with E-state index >= 15 is 0 Å². The molecule has 472 valence electrons. The highest BCUT2D eigenvalue weighted by Gasteiger charge is 2.39. The average Bonchev–Trinajstić information content (AvgIpc) is 3.26. The van der Waals surface area contributed by atoms with Crippen molar-refractivity contribution in [3.63, 3.8) is 0 Å². The second kappa shape index (κ2) is 43.2. The predicted molar refractivity (Wildman–Crippen MR) is 381 cm³/mol. The van der Waals surface area contributed by atoms with E-state index in [4.69, 9.17) is 64.0 Å². The van der Waals surface area contributed by atoms with Crippen LogP contribution in [0, 0.1) is 0 Å². The van der Waals surface area contributed by atoms with Crippen LogP contribution in [0.1, 0.15) is 150 Å². The minimum absolute atomic E-state index is 0. The lowest BCUT2D eigenvalue weighted by atomic mass is 10.0. The van der Waals surface area contributed by atoms with Gasteiger partial charge in [0.25, 0.3) is 0 Å². The van der Waals surface area contributed by atoms with Crippen LogP contribution in [0.2, 0.25) is 51.3 Å². The monoisotopic (exact) mass is 1440 g/mol. The van der Waals surface area contributed by atoms with Gasteiger partial charge < -0.3 is 29.2 Å². The quantitative estimate of drug-likeness (QED) is 0.0484. The van der Waals surface area contributed by atoms with Gasteiger partial charge in [0.05, 0.1) is 95.5 Å². The van der Waals surface area contributed by atoms with Gasteiger partial charge in [-0.15, -0.1) is 11.6 Å². The summed E-state index contributed by atoms with van der Waals surface area (Å²) in [5, 5.41) is 10.7. The van der Waals surface area contributed by atoms with E-state index in [1.165, 1.54) is 6.38 Å². The first kappa shape index (κ1) is 94.2. The van der Waals surface area contributed by atoms with Crippen LogP contribution < -0.4 is 15.2 Å². The first-order valence-electron chi connectivity index (χ1n) is 24.5. The molecule has 0 saturated carbocycles. The Morgan fingerprint density at radius 1 is 0.600 bits per heavy atom. The van der Waals surface area contributed by atoms with Crippen LogP contribution in [0.15, 0.2) is 59.1 Å². The third-order valence-electron chi connectivity index (χ3n) is 12.2. The first-order chi connectivity index (χ1) is 33.8. The Morgan fingerprint density at radius 3 is 1.16 bits per heavy atom. The summed E-state index contributed by atoms with van der Waals surface area (Å²) in [5.74, 6) is -0.575. The summed E-state index contributed by atoms with van der Waals surface area (Å²) >= 11 is 27.1. The van der Waals surface area contributed by atoms with Gasteiger partial charge in [-0.25, -0.2) is 17.9 Å². The zero-order valence-corrected chi connectivity index (χ0v) is 63.1. The topological polar surface area (TPSA) is 176 Å². The molecule has 80 heavy (non-hydrogen) atoms. The fourth-order valence-corrected chi connectivity index (χ4v) is 10.7. The molecular formula is C54H102BrCl4N3O9S7Si2. The number of nitrogens with two attached hydrogens (primary N) is 1. The normalized spacial score (nSPS) is 13.3. The molecule has 3 aromatic rings. The van der Waals surface area contributed by atoms with Gasteiger partial charge in [0.1, 0.15) is 0 Å². The molecular weight excluding hydrogens is 1340 g/mol. The van der Waals surface area contributed by atoms with Crippen LogP contribution in [-0.2, 0) is 62.7 Å². The summed E-state index contributed by atoms with van der Waals surface area (Å²) in [6, 6.07) is 15.4. The van der Waals surface area contributed by atoms with Gasteiger partial charge >= 0.3 is 11.9 Å². The Bertz CT molecular complexity index is 2290. The predicted octanol–water partition coefficient (Wildman–Crippen LogP) is 15.3. The standard InChI is InChI=1S/C22H38ClNO4SSi.C18H31BrClNO2SSi.C12H16ClNO3.CH3Cl.CH4.5H2S/c1-10-27-20(25)14-16-11-12-17(18(23)13-16)19(24-29(26)21(2,3)4)15-28-30(8,9)22(5,6)7;1-17(2,3)24(22)21-16(12-23-25(7,8)18(4,5)6)14-10-9-13(19)11-15(14)20;1-2-17-12(16)6-8-3-4-9(10(13)5-8)11(14)7-15;1-2;;;;;;/h11-13,19,24H,10,14-15H2,1-9H3;9-11,16,21H,12H2,1-8H3;3-5,11,15H,2,6-7,14H2,1H3;1H3;1H4;5*1H2/t19-,29+;16-,24+;11-;;;;;;;/m111......./s1. The van der Waals surface area contributed by atoms with Gasteiger partial charge in [-0.3, -0.25) is 9.59 Å². The van der Waals surface area contributed by atoms with Crippen LogP contribution in [0.3, 0.4) is 0 Å². The zero-order chi connectivity index (χ0) is 57.8. The van der Waals surface area contributed by atoms with Crippen molar-refractivity contribution < 1.29 is 41.4 Å². The molecule has 0 saturated heterocycles. The molecule has 3 aromatic carbocycles. The molecule has 26 heteroatoms. The van der Waals surface area contributed by atoms with Crippen LogP contribution in [-0.4, -0.2) is 91.0 Å². The summed E-state index contributed by atoms with van der Waals surface area (Å²) < 4.78 is 54.7. The lowest BCUT2D eigenvalue weighted by Gasteiger charge is -2.37. The number of alkyl halides is 1. The second-order valence-corrected chi connectivity index (χ2v) is 38.1. The molecule has 0 bridgehead atoms. The minimum atomic E-state index is -2.00. The van der Waals surface area contributed by atoms with Crippen LogP contribution in [0.25, 0.3) is 0 Å². The number of ether oxygens (including phenoxy) is 2. The first-order valence-corrected chi connectivity index (χ1v) is 35.3. The van der Waals surface area contributed by atoms with Crippen molar-refractivity contribution in [2.75, 3.05) is 39.4 Å². The van der Waals surface area contributed by atoms with Gasteiger partial charge in [0.15, 0.2) is 16.6 Å². The number of carbonyl (C=O) groups is 2. The molecule has 0 aromatic heterocycles. The molecule has 0 aliphatic heterocycles. The fourth-order valence-electron chi connectivity index (χ4n) is 5.59. The van der Waals surface area contributed by atoms with Gasteiger partial charge in [0.2, 0.25) is 0 Å². The Hall–Kier alpha value is 0.484. The maximum Gasteiger partial charge on any atom is 0.310 e. The molecule has 0 aliphatic rings. The number of esters is 2. The number of benzene rings is 3. The number of rotatable bonds is 20. The smallest absolute Gasteiger partial charge is 0.310 e. The molecule has 5 atom stereocenters. The van der Waals surface area contributed by atoms with E-state index in [1.807, 2.05) is 71.9 Å². The lowest BCUT2D eigenvalue weighted by molar-refractivity contribution is -0.143. The van der Waals surface area contributed by atoms with Gasteiger partial charge in [0, 0.05) is 25.9 Å². The number of hydrogen-bond donors (Lipinski definition) is 4. The summed E-state index contributed by atoms with van der Waals surface area (Å²) in [6.07, 6.45) is 1.82. The summed E-state index contributed by atoms with van der Waals surface area (Å²) in [6.45, 7) is 38.5. The van der Waals surface area contributed by atoms with Gasteiger partial charge in [-0.2, -0.15) is 67.5 Å². The highest BCUT2D eigenvalue weighted by molar-refractivity contribution is 9.10. The van der Waals surface area contributed by atoms with Crippen molar-refractivity contribution in [1.82, 2.24) is 9.44 Å². The molecule has 0 amide bonds. The highest BCUT2D eigenvalue weighted by Crippen LogP contribution is 2.39. The Labute approximate surface area is 554 Å². The lowest BCUT2D eigenvalue weighted by Crippen LogP contribution is -2.44. The summed E-state index contributed by atoms with van der Waals surface area (Å²) in [4.78, 5) is 23.0. The zero-order valence-electron chi connectivity index (χ0n) is 49.9. The molecule has 0 heterocycles. The third-order valence-corrected chi connectivity index (χ3v) is 25.9. The van der Waals surface area contributed by atoms with E-state index in [-0.39, 0.29) is 133 Å². The fraction of sp³-hybridized carbons (Fsp3) is 0.630. The number of nitrogens with one attached hydrogen (secondary N) is 2. The molecule has 0 unspecified atom stereocenters.